The Morgan fingerprint density at radius 3 is 2.31 bits per heavy atom. The molecule has 8 heteroatoms. The Bertz CT molecular complexity index is 1110. The summed E-state index contributed by atoms with van der Waals surface area (Å²) in [7, 11) is -0.685. The molecule has 230 valence electrons. The minimum atomic E-state index is -1.30. The van der Waals surface area contributed by atoms with Crippen molar-refractivity contribution in [3.63, 3.8) is 0 Å². The van der Waals surface area contributed by atoms with Crippen molar-refractivity contribution in [3.05, 3.63) is 54.6 Å². The van der Waals surface area contributed by atoms with Crippen molar-refractivity contribution >= 4 is 29.3 Å². The zero-order chi connectivity index (χ0) is 29.6. The second-order valence-corrected chi connectivity index (χ2v) is 11.8. The number of aliphatic hydroxyl groups excluding tert-OH is 2. The second-order valence-electron chi connectivity index (χ2n) is 11.8. The van der Waals surface area contributed by atoms with Gasteiger partial charge in [-0.15, -0.1) is 0 Å². The number of nitrogens with one attached hydrogen (secondary N) is 1. The summed E-state index contributed by atoms with van der Waals surface area (Å²) in [4.78, 5) is 12.6. The smallest absolute Gasteiger partial charge is 0.404 e. The predicted molar refractivity (Wildman–Crippen MR) is 168 cm³/mol. The Labute approximate surface area is 252 Å². The van der Waals surface area contributed by atoms with Gasteiger partial charge in [0, 0.05) is 6.42 Å². The van der Waals surface area contributed by atoms with Gasteiger partial charge in [0.05, 0.1) is 6.61 Å². The number of hydrogen-bond acceptors (Lipinski definition) is 6. The SMILES string of the molecule is CCCCCCCC/C=C\CCCCCCCC(=O)N[C@@H]1O[C@@H]2COB(c3cccc4ccccc34)O[C@H]2[C@H](O)[C@H]1O. The zero-order valence-corrected chi connectivity index (χ0v) is 25.3. The van der Waals surface area contributed by atoms with Gasteiger partial charge in [-0.05, 0) is 48.3 Å². The lowest BCUT2D eigenvalue weighted by molar-refractivity contribution is -0.242. The Kier molecular flexibility index (Phi) is 13.8. The highest BCUT2D eigenvalue weighted by molar-refractivity contribution is 6.64. The van der Waals surface area contributed by atoms with Crippen LogP contribution in [0.2, 0.25) is 0 Å². The summed E-state index contributed by atoms with van der Waals surface area (Å²) >= 11 is 0. The van der Waals surface area contributed by atoms with Crippen molar-refractivity contribution in [1.82, 2.24) is 5.32 Å². The third-order valence-electron chi connectivity index (χ3n) is 8.42. The number of benzene rings is 2. The number of aliphatic hydroxyl groups is 2. The highest BCUT2D eigenvalue weighted by atomic mass is 16.7. The first-order valence-corrected chi connectivity index (χ1v) is 16.3. The van der Waals surface area contributed by atoms with Crippen LogP contribution in [0.1, 0.15) is 96.8 Å². The largest absolute Gasteiger partial charge is 0.494 e. The molecular formula is C34H50BNO6. The average molecular weight is 580 g/mol. The topological polar surface area (TPSA) is 97.3 Å². The van der Waals surface area contributed by atoms with E-state index in [1.165, 1.54) is 57.8 Å². The molecule has 0 bridgehead atoms. The first kappa shape index (κ1) is 32.7. The molecule has 0 aliphatic carbocycles. The molecule has 2 fully saturated rings. The minimum Gasteiger partial charge on any atom is -0.404 e. The van der Waals surface area contributed by atoms with Crippen LogP contribution in [-0.4, -0.2) is 60.5 Å². The molecule has 2 aromatic carbocycles. The van der Waals surface area contributed by atoms with E-state index in [2.05, 4.69) is 24.4 Å². The van der Waals surface area contributed by atoms with Gasteiger partial charge in [0.2, 0.25) is 5.91 Å². The van der Waals surface area contributed by atoms with Crippen molar-refractivity contribution in [2.75, 3.05) is 6.61 Å². The molecule has 2 saturated heterocycles. The Morgan fingerprint density at radius 2 is 1.55 bits per heavy atom. The average Bonchev–Trinajstić information content (AvgIpc) is 3.01. The number of hydrogen-bond donors (Lipinski definition) is 3. The van der Waals surface area contributed by atoms with E-state index in [4.69, 9.17) is 14.0 Å². The van der Waals surface area contributed by atoms with Crippen LogP contribution in [-0.2, 0) is 18.8 Å². The number of amides is 1. The summed E-state index contributed by atoms with van der Waals surface area (Å²) in [5.41, 5.74) is 0.864. The van der Waals surface area contributed by atoms with Gasteiger partial charge < -0.3 is 29.6 Å². The van der Waals surface area contributed by atoms with Gasteiger partial charge in [0.1, 0.15) is 24.4 Å². The maximum absolute atomic E-state index is 12.6. The van der Waals surface area contributed by atoms with Crippen molar-refractivity contribution in [3.8, 4) is 0 Å². The zero-order valence-electron chi connectivity index (χ0n) is 25.3. The van der Waals surface area contributed by atoms with Crippen molar-refractivity contribution in [1.29, 1.82) is 0 Å². The van der Waals surface area contributed by atoms with Crippen molar-refractivity contribution in [2.45, 2.75) is 127 Å². The Morgan fingerprint density at radius 1 is 0.881 bits per heavy atom. The number of rotatable bonds is 17. The molecule has 0 unspecified atom stereocenters. The summed E-state index contributed by atoms with van der Waals surface area (Å²) < 4.78 is 18.0. The summed E-state index contributed by atoms with van der Waals surface area (Å²) in [5.74, 6) is -0.186. The fourth-order valence-corrected chi connectivity index (χ4v) is 5.93. The number of carbonyl (C=O) groups is 1. The van der Waals surface area contributed by atoms with E-state index < -0.39 is 37.8 Å². The normalized spacial score (nSPS) is 24.3. The molecule has 0 saturated carbocycles. The molecule has 7 nitrogen and oxygen atoms in total. The molecule has 2 aliphatic rings. The minimum absolute atomic E-state index is 0.183. The van der Waals surface area contributed by atoms with Crippen LogP contribution in [0, 0.1) is 0 Å². The van der Waals surface area contributed by atoms with E-state index in [0.717, 1.165) is 41.9 Å². The van der Waals surface area contributed by atoms with E-state index in [-0.39, 0.29) is 12.5 Å². The third kappa shape index (κ3) is 9.65. The number of unbranched alkanes of at least 4 members (excludes halogenated alkanes) is 11. The van der Waals surface area contributed by atoms with E-state index in [9.17, 15) is 15.0 Å². The Balaban J connectivity index is 1.09. The van der Waals surface area contributed by atoms with Gasteiger partial charge in [0.25, 0.3) is 0 Å². The van der Waals surface area contributed by atoms with Crippen LogP contribution >= 0.6 is 0 Å². The van der Waals surface area contributed by atoms with Gasteiger partial charge in [0.15, 0.2) is 6.23 Å². The van der Waals surface area contributed by atoms with E-state index in [0.29, 0.717) is 6.42 Å². The summed E-state index contributed by atoms with van der Waals surface area (Å²) in [6.45, 7) is 2.44. The molecule has 0 radical (unpaired) electrons. The lowest BCUT2D eigenvalue weighted by Crippen LogP contribution is -2.67. The van der Waals surface area contributed by atoms with Crippen LogP contribution in [0.25, 0.3) is 10.8 Å². The van der Waals surface area contributed by atoms with Gasteiger partial charge in [-0.3, -0.25) is 4.79 Å². The van der Waals surface area contributed by atoms with Gasteiger partial charge in [-0.2, -0.15) is 0 Å². The van der Waals surface area contributed by atoms with Crippen molar-refractivity contribution in [2.24, 2.45) is 0 Å². The molecular weight excluding hydrogens is 529 g/mol. The molecule has 0 aromatic heterocycles. The second kappa shape index (κ2) is 17.8. The molecule has 3 N–H and O–H groups in total. The molecule has 2 heterocycles. The number of carbonyl (C=O) groups excluding carboxylic acids is 1. The van der Waals surface area contributed by atoms with E-state index in [1.807, 2.05) is 42.5 Å². The van der Waals surface area contributed by atoms with Gasteiger partial charge in [-0.25, -0.2) is 0 Å². The quantitative estimate of drug-likeness (QED) is 0.129. The molecule has 4 rings (SSSR count). The maximum atomic E-state index is 12.6. The highest BCUT2D eigenvalue weighted by Gasteiger charge is 2.50. The lowest BCUT2D eigenvalue weighted by Gasteiger charge is -2.46. The molecule has 2 aliphatic heterocycles. The fraction of sp³-hybridized carbons (Fsp3) is 0.618. The monoisotopic (exact) mass is 579 g/mol. The van der Waals surface area contributed by atoms with Crippen LogP contribution in [0.15, 0.2) is 54.6 Å². The molecule has 2 aromatic rings. The molecule has 5 atom stereocenters. The first-order chi connectivity index (χ1) is 20.6. The van der Waals surface area contributed by atoms with Gasteiger partial charge >= 0.3 is 7.12 Å². The summed E-state index contributed by atoms with van der Waals surface area (Å²) in [6, 6.07) is 13.9. The number of allylic oxidation sites excluding steroid dienone is 2. The molecule has 42 heavy (non-hydrogen) atoms. The van der Waals surface area contributed by atoms with Gasteiger partial charge in [-0.1, -0.05) is 113 Å². The summed E-state index contributed by atoms with van der Waals surface area (Å²) in [5, 5.41) is 26.5. The number of fused-ring (bicyclic) bond motifs is 2. The Hall–Kier alpha value is -2.23. The van der Waals surface area contributed by atoms with Crippen LogP contribution < -0.4 is 10.8 Å². The lowest BCUT2D eigenvalue weighted by atomic mass is 9.74. The summed E-state index contributed by atoms with van der Waals surface area (Å²) in [6.07, 6.45) is 15.8. The molecule has 1 amide bonds. The molecule has 0 spiro atoms. The van der Waals surface area contributed by atoms with Crippen LogP contribution in [0.5, 0.6) is 0 Å². The standard InChI is InChI=1S/C34H50BNO6/c1-2-3-4-5-6-7-8-9-10-11-12-13-14-15-16-24-30(37)36-34-32(39)31(38)33-29(41-34)25-40-35(42-33)28-23-19-21-26-20-17-18-22-27(26)28/h9-10,17-23,29,31-34,38-39H,2-8,11-16,24-25H2,1H3,(H,36,37)/b10-9-/t29-,31-,32-,33-,34-/m1/s1. The number of ether oxygens (including phenoxy) is 1. The van der Waals surface area contributed by atoms with Crippen LogP contribution in [0.3, 0.4) is 0 Å². The third-order valence-corrected chi connectivity index (χ3v) is 8.42. The fourth-order valence-electron chi connectivity index (χ4n) is 5.93. The van der Waals surface area contributed by atoms with E-state index >= 15 is 0 Å². The van der Waals surface area contributed by atoms with Crippen LogP contribution in [0.4, 0.5) is 0 Å². The predicted octanol–water partition coefficient (Wildman–Crippen LogP) is 5.55. The van der Waals surface area contributed by atoms with E-state index in [1.54, 1.807) is 0 Å². The van der Waals surface area contributed by atoms with Crippen molar-refractivity contribution < 1.29 is 29.1 Å². The first-order valence-electron chi connectivity index (χ1n) is 16.3. The highest BCUT2D eigenvalue weighted by Crippen LogP contribution is 2.27. The maximum Gasteiger partial charge on any atom is 0.494 e.